The molecule has 0 aliphatic heterocycles. The van der Waals surface area contributed by atoms with Crippen LogP contribution in [0.2, 0.25) is 0 Å². The van der Waals surface area contributed by atoms with Gasteiger partial charge in [0.2, 0.25) is 0 Å². The van der Waals surface area contributed by atoms with Crippen molar-refractivity contribution in [3.8, 4) is 0 Å². The minimum absolute atomic E-state index is 0.143. The maximum Gasteiger partial charge on any atom is 0.261 e. The van der Waals surface area contributed by atoms with E-state index in [2.05, 4.69) is 21.2 Å². The summed E-state index contributed by atoms with van der Waals surface area (Å²) in [6.45, 7) is 2.19. The second kappa shape index (κ2) is 5.35. The molecule has 1 aromatic heterocycles. The summed E-state index contributed by atoms with van der Waals surface area (Å²) < 4.78 is 0.968. The molecule has 0 atom stereocenters. The van der Waals surface area contributed by atoms with Gasteiger partial charge < -0.3 is 5.32 Å². The predicted octanol–water partition coefficient (Wildman–Crippen LogP) is 3.35. The van der Waals surface area contributed by atoms with Gasteiger partial charge in [-0.3, -0.25) is 4.79 Å². The second-order valence-corrected chi connectivity index (χ2v) is 6.32. The number of thiophene rings is 1. The molecule has 0 aromatic carbocycles. The van der Waals surface area contributed by atoms with E-state index in [1.807, 2.05) is 13.0 Å². The zero-order valence-electron chi connectivity index (χ0n) is 7.31. The van der Waals surface area contributed by atoms with E-state index >= 15 is 0 Å². The van der Waals surface area contributed by atoms with Crippen LogP contribution in [0.3, 0.4) is 0 Å². The van der Waals surface area contributed by atoms with Gasteiger partial charge in [-0.25, -0.2) is 0 Å². The topological polar surface area (TPSA) is 29.1 Å². The molecule has 0 bridgehead atoms. The fraction of sp³-hybridized carbons (Fsp3) is 0.375. The van der Waals surface area contributed by atoms with Crippen LogP contribution in [-0.4, -0.2) is 17.3 Å². The van der Waals surface area contributed by atoms with E-state index in [0.29, 0.717) is 4.88 Å². The molecule has 14 heavy (non-hydrogen) atoms. The van der Waals surface area contributed by atoms with Crippen molar-refractivity contribution in [2.75, 3.05) is 6.54 Å². The van der Waals surface area contributed by atoms with Crippen molar-refractivity contribution in [3.63, 3.8) is 0 Å². The van der Waals surface area contributed by atoms with Gasteiger partial charge in [-0.2, -0.15) is 0 Å². The summed E-state index contributed by atoms with van der Waals surface area (Å²) in [5.41, 5.74) is 1.05. The molecule has 0 unspecified atom stereocenters. The summed E-state index contributed by atoms with van der Waals surface area (Å²) in [7, 11) is 0. The van der Waals surface area contributed by atoms with Gasteiger partial charge in [0, 0.05) is 6.54 Å². The molecular weight excluding hydrogens is 309 g/mol. The summed E-state index contributed by atoms with van der Waals surface area (Å²) >= 11 is 15.7. The molecule has 6 heteroatoms. The summed E-state index contributed by atoms with van der Waals surface area (Å²) in [5.74, 6) is -0.143. The van der Waals surface area contributed by atoms with E-state index in [-0.39, 0.29) is 12.5 Å². The van der Waals surface area contributed by atoms with Gasteiger partial charge >= 0.3 is 0 Å². The Bertz CT molecular complexity index is 321. The number of aryl methyl sites for hydroxylation is 1. The van der Waals surface area contributed by atoms with Crippen LogP contribution in [0.15, 0.2) is 9.85 Å². The van der Waals surface area contributed by atoms with Gasteiger partial charge in [-0.05, 0) is 34.5 Å². The Morgan fingerprint density at radius 2 is 2.36 bits per heavy atom. The monoisotopic (exact) mass is 315 g/mol. The van der Waals surface area contributed by atoms with Crippen LogP contribution in [0.4, 0.5) is 0 Å². The number of amides is 1. The zero-order chi connectivity index (χ0) is 10.7. The van der Waals surface area contributed by atoms with Gasteiger partial charge in [0.1, 0.15) is 4.84 Å². The minimum atomic E-state index is -0.566. The zero-order valence-corrected chi connectivity index (χ0v) is 11.2. The lowest BCUT2D eigenvalue weighted by molar-refractivity contribution is 0.0959. The average Bonchev–Trinajstić information content (AvgIpc) is 2.43. The van der Waals surface area contributed by atoms with Crippen LogP contribution < -0.4 is 5.32 Å². The number of carbonyl (C=O) groups excluding carboxylic acids is 1. The van der Waals surface area contributed by atoms with Crippen LogP contribution in [0, 0.1) is 6.92 Å². The third-order valence-corrected chi connectivity index (χ3v) is 3.94. The van der Waals surface area contributed by atoms with Crippen molar-refractivity contribution in [1.29, 1.82) is 0 Å². The Labute approximate surface area is 105 Å². The molecule has 0 radical (unpaired) electrons. The fourth-order valence-corrected chi connectivity index (χ4v) is 2.43. The Morgan fingerprint density at radius 1 is 1.71 bits per heavy atom. The molecule has 0 fully saturated rings. The first-order valence-electron chi connectivity index (χ1n) is 3.83. The SMILES string of the molecule is Cc1cc(C(=O)NCC(Cl)Cl)sc1Br. The van der Waals surface area contributed by atoms with Crippen LogP contribution >= 0.6 is 50.5 Å². The maximum absolute atomic E-state index is 11.5. The number of hydrogen-bond donors (Lipinski definition) is 1. The Hall–Kier alpha value is 0.230. The number of carbonyl (C=O) groups is 1. The molecule has 0 aliphatic rings. The van der Waals surface area contributed by atoms with E-state index in [1.165, 1.54) is 11.3 Å². The minimum Gasteiger partial charge on any atom is -0.349 e. The quantitative estimate of drug-likeness (QED) is 0.851. The lowest BCUT2D eigenvalue weighted by Crippen LogP contribution is -2.26. The van der Waals surface area contributed by atoms with Crippen LogP contribution in [0.25, 0.3) is 0 Å². The third kappa shape index (κ3) is 3.42. The highest BCUT2D eigenvalue weighted by Crippen LogP contribution is 2.27. The molecular formula is C8H8BrCl2NOS. The van der Waals surface area contributed by atoms with Crippen LogP contribution in [0.1, 0.15) is 15.2 Å². The molecule has 2 nitrogen and oxygen atoms in total. The predicted molar refractivity (Wildman–Crippen MR) is 64.6 cm³/mol. The molecule has 1 amide bonds. The highest BCUT2D eigenvalue weighted by atomic mass is 79.9. The van der Waals surface area contributed by atoms with Gasteiger partial charge in [0.05, 0.1) is 8.66 Å². The molecule has 78 valence electrons. The summed E-state index contributed by atoms with van der Waals surface area (Å²) in [5, 5.41) is 2.63. The molecule has 0 saturated carbocycles. The van der Waals surface area contributed by atoms with E-state index in [4.69, 9.17) is 23.2 Å². The van der Waals surface area contributed by atoms with Gasteiger partial charge in [0.15, 0.2) is 0 Å². The summed E-state index contributed by atoms with van der Waals surface area (Å²) in [4.78, 5) is 11.6. The number of rotatable bonds is 3. The molecule has 0 saturated heterocycles. The van der Waals surface area contributed by atoms with E-state index < -0.39 is 4.84 Å². The number of nitrogens with one attached hydrogen (secondary N) is 1. The van der Waals surface area contributed by atoms with Gasteiger partial charge in [-0.15, -0.1) is 34.5 Å². The molecule has 1 rings (SSSR count). The van der Waals surface area contributed by atoms with Crippen LogP contribution in [-0.2, 0) is 0 Å². The Kier molecular flexibility index (Phi) is 4.70. The van der Waals surface area contributed by atoms with Gasteiger partial charge in [-0.1, -0.05) is 0 Å². The average molecular weight is 317 g/mol. The first-order valence-corrected chi connectivity index (χ1v) is 6.31. The van der Waals surface area contributed by atoms with Gasteiger partial charge in [0.25, 0.3) is 5.91 Å². The third-order valence-electron chi connectivity index (χ3n) is 1.50. The van der Waals surface area contributed by atoms with Crippen molar-refractivity contribution in [1.82, 2.24) is 5.32 Å². The van der Waals surface area contributed by atoms with Crippen molar-refractivity contribution >= 4 is 56.4 Å². The highest BCUT2D eigenvalue weighted by Gasteiger charge is 2.11. The molecule has 0 spiro atoms. The van der Waals surface area contributed by atoms with E-state index in [0.717, 1.165) is 9.35 Å². The molecule has 1 heterocycles. The summed E-state index contributed by atoms with van der Waals surface area (Å²) in [6.07, 6.45) is 0. The van der Waals surface area contributed by atoms with E-state index in [1.54, 1.807) is 0 Å². The maximum atomic E-state index is 11.5. The smallest absolute Gasteiger partial charge is 0.261 e. The largest absolute Gasteiger partial charge is 0.349 e. The van der Waals surface area contributed by atoms with Crippen molar-refractivity contribution in [2.45, 2.75) is 11.8 Å². The van der Waals surface area contributed by atoms with Crippen LogP contribution in [0.5, 0.6) is 0 Å². The normalized spacial score (nSPS) is 10.6. The van der Waals surface area contributed by atoms with Crippen molar-refractivity contribution < 1.29 is 4.79 Å². The molecule has 1 aromatic rings. The summed E-state index contributed by atoms with van der Waals surface area (Å²) in [6, 6.07) is 1.82. The number of hydrogen-bond acceptors (Lipinski definition) is 2. The van der Waals surface area contributed by atoms with E-state index in [9.17, 15) is 4.79 Å². The second-order valence-electron chi connectivity index (χ2n) is 2.67. The van der Waals surface area contributed by atoms with Crippen molar-refractivity contribution in [3.05, 3.63) is 20.3 Å². The first kappa shape index (κ1) is 12.3. The fourth-order valence-electron chi connectivity index (χ4n) is 0.829. The molecule has 0 aliphatic carbocycles. The highest BCUT2D eigenvalue weighted by molar-refractivity contribution is 9.11. The first-order chi connectivity index (χ1) is 6.50. The number of halogens is 3. The Balaban J connectivity index is 2.61. The molecule has 1 N–H and O–H groups in total. The van der Waals surface area contributed by atoms with Crippen molar-refractivity contribution in [2.24, 2.45) is 0 Å². The lowest BCUT2D eigenvalue weighted by atomic mass is 10.3. The standard InChI is InChI=1S/C8H8BrCl2NOS/c1-4-2-5(14-7(4)9)8(13)12-3-6(10)11/h2,6H,3H2,1H3,(H,12,13). The Morgan fingerprint density at radius 3 is 2.79 bits per heavy atom. The number of alkyl halides is 2. The lowest BCUT2D eigenvalue weighted by Gasteiger charge is -2.02.